The molecule has 1 aliphatic carbocycles. The fourth-order valence-electron chi connectivity index (χ4n) is 5.56. The number of aromatic nitrogens is 2. The van der Waals surface area contributed by atoms with Crippen LogP contribution in [0.25, 0.3) is 16.9 Å². The van der Waals surface area contributed by atoms with Crippen molar-refractivity contribution in [2.45, 2.75) is 44.8 Å². The number of ether oxygens (including phenoxy) is 1. The number of anilines is 1. The van der Waals surface area contributed by atoms with Gasteiger partial charge in [-0.2, -0.15) is 10.2 Å². The first-order valence-corrected chi connectivity index (χ1v) is 16.0. The summed E-state index contributed by atoms with van der Waals surface area (Å²) in [5.74, 6) is -1.50. The quantitative estimate of drug-likeness (QED) is 0.0943. The van der Waals surface area contributed by atoms with E-state index < -0.39 is 11.8 Å². The highest BCUT2D eigenvalue weighted by Gasteiger charge is 2.21. The van der Waals surface area contributed by atoms with Crippen LogP contribution in [0, 0.1) is 0 Å². The number of nitrogens with one attached hydrogen (secondary N) is 3. The maximum Gasteiger partial charge on any atom is 0.329 e. The molecule has 3 amide bonds. The lowest BCUT2D eigenvalue weighted by atomic mass is 9.95. The summed E-state index contributed by atoms with van der Waals surface area (Å²) in [5, 5.41) is 14.5. The van der Waals surface area contributed by atoms with Gasteiger partial charge in [0.25, 0.3) is 5.91 Å². The zero-order valence-corrected chi connectivity index (χ0v) is 26.3. The number of benzene rings is 4. The molecule has 242 valence electrons. The Labute approximate surface area is 278 Å². The summed E-state index contributed by atoms with van der Waals surface area (Å²) >= 11 is 0. The smallest absolute Gasteiger partial charge is 0.329 e. The number of hydrogen-bond acceptors (Lipinski definition) is 6. The zero-order valence-electron chi connectivity index (χ0n) is 26.3. The van der Waals surface area contributed by atoms with E-state index in [1.54, 1.807) is 35.1 Å². The summed E-state index contributed by atoms with van der Waals surface area (Å²) in [4.78, 5) is 38.5. The maximum atomic E-state index is 13.0. The van der Waals surface area contributed by atoms with Crippen LogP contribution < -0.4 is 20.8 Å². The first kappa shape index (κ1) is 31.9. The van der Waals surface area contributed by atoms with Crippen molar-refractivity contribution in [2.24, 2.45) is 5.10 Å². The van der Waals surface area contributed by atoms with Crippen molar-refractivity contribution in [3.05, 3.63) is 132 Å². The van der Waals surface area contributed by atoms with Crippen LogP contribution in [0.1, 0.15) is 53.6 Å². The molecule has 1 fully saturated rings. The van der Waals surface area contributed by atoms with Crippen LogP contribution in [0.2, 0.25) is 0 Å². The number of rotatable bonds is 10. The lowest BCUT2D eigenvalue weighted by Gasteiger charge is -2.23. The third kappa shape index (κ3) is 8.21. The van der Waals surface area contributed by atoms with Crippen LogP contribution >= 0.6 is 0 Å². The van der Waals surface area contributed by atoms with Crippen LogP contribution in [0.3, 0.4) is 0 Å². The van der Waals surface area contributed by atoms with Gasteiger partial charge in [0.2, 0.25) is 0 Å². The van der Waals surface area contributed by atoms with E-state index in [4.69, 9.17) is 9.84 Å². The molecule has 0 atom stereocenters. The van der Waals surface area contributed by atoms with Crippen LogP contribution in [0.15, 0.2) is 120 Å². The van der Waals surface area contributed by atoms with Crippen molar-refractivity contribution in [2.75, 3.05) is 5.32 Å². The lowest BCUT2D eigenvalue weighted by Crippen LogP contribution is -2.37. The van der Waals surface area contributed by atoms with Crippen molar-refractivity contribution >= 4 is 29.6 Å². The summed E-state index contributed by atoms with van der Waals surface area (Å²) in [6.45, 7) is 0.452. The molecule has 1 saturated carbocycles. The monoisotopic (exact) mass is 640 g/mol. The minimum atomic E-state index is -0.981. The molecule has 1 aromatic heterocycles. The average molecular weight is 641 g/mol. The van der Waals surface area contributed by atoms with E-state index in [2.05, 4.69) is 21.2 Å². The molecule has 1 aliphatic rings. The molecule has 10 nitrogen and oxygen atoms in total. The van der Waals surface area contributed by atoms with E-state index >= 15 is 0 Å². The molecule has 6 rings (SSSR count). The largest absolute Gasteiger partial charge is 0.489 e. The van der Waals surface area contributed by atoms with E-state index in [0.717, 1.165) is 42.5 Å². The van der Waals surface area contributed by atoms with Crippen molar-refractivity contribution in [3.63, 3.8) is 0 Å². The third-order valence-corrected chi connectivity index (χ3v) is 8.08. The summed E-state index contributed by atoms with van der Waals surface area (Å²) in [5.41, 5.74) is 6.79. The third-order valence-electron chi connectivity index (χ3n) is 8.08. The van der Waals surface area contributed by atoms with E-state index in [9.17, 15) is 14.4 Å². The second kappa shape index (κ2) is 15.5. The van der Waals surface area contributed by atoms with E-state index in [1.807, 2.05) is 84.9 Å². The number of hydrogen-bond donors (Lipinski definition) is 3. The van der Waals surface area contributed by atoms with Gasteiger partial charge in [0, 0.05) is 23.4 Å². The molecular weight excluding hydrogens is 604 g/mol. The van der Waals surface area contributed by atoms with Gasteiger partial charge in [-0.3, -0.25) is 14.4 Å². The van der Waals surface area contributed by atoms with Crippen LogP contribution in [-0.4, -0.2) is 39.8 Å². The van der Waals surface area contributed by atoms with Gasteiger partial charge in [-0.15, -0.1) is 0 Å². The molecule has 0 aliphatic heterocycles. The number of amides is 3. The highest BCUT2D eigenvalue weighted by atomic mass is 16.5. The molecular formula is C38H36N6O4. The van der Waals surface area contributed by atoms with Gasteiger partial charge >= 0.3 is 11.8 Å². The minimum absolute atomic E-state index is 0.106. The van der Waals surface area contributed by atoms with E-state index in [1.165, 1.54) is 12.6 Å². The van der Waals surface area contributed by atoms with E-state index in [0.29, 0.717) is 29.2 Å². The summed E-state index contributed by atoms with van der Waals surface area (Å²) in [6.07, 6.45) is 8.43. The number of hydrazone groups is 1. The number of carbonyl (C=O) groups excluding carboxylic acids is 3. The molecule has 0 spiro atoms. The fraction of sp³-hybridized carbons (Fsp3) is 0.184. The normalized spacial score (nSPS) is 13.2. The second-order valence-electron chi connectivity index (χ2n) is 11.5. The van der Waals surface area contributed by atoms with Crippen LogP contribution in [0.5, 0.6) is 5.75 Å². The van der Waals surface area contributed by atoms with Gasteiger partial charge in [0.05, 0.1) is 23.2 Å². The topological polar surface area (TPSA) is 127 Å². The van der Waals surface area contributed by atoms with Gasteiger partial charge in [-0.05, 0) is 66.9 Å². The van der Waals surface area contributed by atoms with Gasteiger partial charge in [-0.25, -0.2) is 10.1 Å². The highest BCUT2D eigenvalue weighted by Crippen LogP contribution is 2.26. The molecule has 1 heterocycles. The SMILES string of the molecule is O=C(N/N=C/c1cn(-c2ccccc2)nc1-c1ccc(OCc2ccccc2)cc1)C(=O)Nc1ccccc1C(=O)NC1CCCCC1. The molecule has 0 radical (unpaired) electrons. The van der Waals surface area contributed by atoms with Crippen molar-refractivity contribution < 1.29 is 19.1 Å². The summed E-state index contributed by atoms with van der Waals surface area (Å²) < 4.78 is 7.66. The predicted octanol–water partition coefficient (Wildman–Crippen LogP) is 6.27. The maximum absolute atomic E-state index is 13.0. The lowest BCUT2D eigenvalue weighted by molar-refractivity contribution is -0.136. The van der Waals surface area contributed by atoms with Gasteiger partial charge in [0.15, 0.2) is 0 Å². The molecule has 5 aromatic rings. The highest BCUT2D eigenvalue weighted by molar-refractivity contribution is 6.40. The predicted molar refractivity (Wildman–Crippen MR) is 185 cm³/mol. The number of para-hydroxylation sites is 2. The summed E-state index contributed by atoms with van der Waals surface area (Å²) in [6, 6.07) is 33.8. The Balaban J connectivity index is 1.13. The number of carbonyl (C=O) groups is 3. The molecule has 10 heteroatoms. The van der Waals surface area contributed by atoms with Crippen LogP contribution in [0.4, 0.5) is 5.69 Å². The Hall–Kier alpha value is -6.03. The van der Waals surface area contributed by atoms with Gasteiger partial charge < -0.3 is 15.4 Å². The molecule has 4 aromatic carbocycles. The second-order valence-corrected chi connectivity index (χ2v) is 11.5. The standard InChI is InChI=1S/C38H36N6O4/c45-36(40-30-14-6-2-7-15-30)33-18-10-11-19-34(33)41-37(46)38(47)42-39-24-29-25-44(31-16-8-3-9-17-31)43-35(29)28-20-22-32(23-21-28)48-26-27-12-4-1-5-13-27/h1,3-5,8-13,16-25,30H,2,6-7,14-15,26H2,(H,40,45)(H,41,46)(H,42,47)/b39-24+. The Morgan fingerprint density at radius 1 is 0.812 bits per heavy atom. The van der Waals surface area contributed by atoms with Crippen molar-refractivity contribution in [1.82, 2.24) is 20.5 Å². The Morgan fingerprint density at radius 3 is 2.25 bits per heavy atom. The first-order chi connectivity index (χ1) is 23.5. The first-order valence-electron chi connectivity index (χ1n) is 16.0. The Morgan fingerprint density at radius 2 is 1.50 bits per heavy atom. The fourth-order valence-corrected chi connectivity index (χ4v) is 5.56. The molecule has 3 N–H and O–H groups in total. The zero-order chi connectivity index (χ0) is 33.1. The average Bonchev–Trinajstić information content (AvgIpc) is 3.56. The van der Waals surface area contributed by atoms with E-state index in [-0.39, 0.29) is 17.6 Å². The molecule has 0 bridgehead atoms. The van der Waals surface area contributed by atoms with Gasteiger partial charge in [0.1, 0.15) is 18.1 Å². The Bertz CT molecular complexity index is 1880. The number of nitrogens with zero attached hydrogens (tertiary/aromatic N) is 3. The van der Waals surface area contributed by atoms with Crippen LogP contribution in [-0.2, 0) is 16.2 Å². The van der Waals surface area contributed by atoms with Crippen molar-refractivity contribution in [1.29, 1.82) is 0 Å². The summed E-state index contributed by atoms with van der Waals surface area (Å²) in [7, 11) is 0. The minimum Gasteiger partial charge on any atom is -0.489 e. The van der Waals surface area contributed by atoms with Gasteiger partial charge in [-0.1, -0.05) is 79.9 Å². The molecule has 0 unspecified atom stereocenters. The Kier molecular flexibility index (Phi) is 10.3. The molecule has 0 saturated heterocycles. The van der Waals surface area contributed by atoms with Crippen molar-refractivity contribution in [3.8, 4) is 22.7 Å². The molecule has 48 heavy (non-hydrogen) atoms.